The summed E-state index contributed by atoms with van der Waals surface area (Å²) >= 11 is 0. The summed E-state index contributed by atoms with van der Waals surface area (Å²) < 4.78 is 4.39. The van der Waals surface area contributed by atoms with E-state index in [1.54, 1.807) is 0 Å². The Morgan fingerprint density at radius 2 is 1.96 bits per heavy atom. The van der Waals surface area contributed by atoms with Crippen LogP contribution in [0.25, 0.3) is 0 Å². The molecule has 0 amide bonds. The van der Waals surface area contributed by atoms with Crippen molar-refractivity contribution in [2.45, 2.75) is 39.0 Å². The van der Waals surface area contributed by atoms with Crippen molar-refractivity contribution in [2.75, 3.05) is 6.61 Å². The Bertz CT molecular complexity index is 615. The molecule has 0 saturated carbocycles. The molecule has 1 aromatic carbocycles. The third-order valence-electron chi connectivity index (χ3n) is 3.59. The van der Waals surface area contributed by atoms with Gasteiger partial charge in [-0.2, -0.15) is 0 Å². The number of nitro groups is 2. The van der Waals surface area contributed by atoms with Crippen molar-refractivity contribution in [1.29, 1.82) is 0 Å². The fourth-order valence-electron chi connectivity index (χ4n) is 2.27. The van der Waals surface area contributed by atoms with Gasteiger partial charge in [-0.15, -0.1) is 0 Å². The summed E-state index contributed by atoms with van der Waals surface area (Å²) in [4.78, 5) is 31.3. The van der Waals surface area contributed by atoms with Gasteiger partial charge in [-0.1, -0.05) is 13.8 Å². The number of rotatable bonds is 8. The number of carboxylic acid groups (broad SMARTS) is 1. The average Bonchev–Trinajstić information content (AvgIpc) is 2.49. The minimum Gasteiger partial charge on any atom is -0.450 e. The molecular weight excluding hydrogens is 308 g/mol. The van der Waals surface area contributed by atoms with Crippen LogP contribution in [0.15, 0.2) is 12.1 Å². The van der Waals surface area contributed by atoms with Gasteiger partial charge in [-0.05, 0) is 30.7 Å². The highest BCUT2D eigenvalue weighted by molar-refractivity contribution is 5.57. The van der Waals surface area contributed by atoms with Crippen molar-refractivity contribution in [3.05, 3.63) is 43.5 Å². The van der Waals surface area contributed by atoms with E-state index in [4.69, 9.17) is 5.11 Å². The molecule has 1 aromatic rings. The summed E-state index contributed by atoms with van der Waals surface area (Å²) in [6.45, 7) is 3.62. The fourth-order valence-corrected chi connectivity index (χ4v) is 2.27. The largest absolute Gasteiger partial charge is 0.505 e. The van der Waals surface area contributed by atoms with Gasteiger partial charge < -0.3 is 9.84 Å². The Hall–Kier alpha value is -2.71. The number of nitrogens with zero attached hydrogens (tertiary/aromatic N) is 2. The Balaban J connectivity index is 3.24. The molecule has 0 aliphatic carbocycles. The monoisotopic (exact) mass is 326 g/mol. The number of hydrogen-bond donors (Lipinski definition) is 1. The van der Waals surface area contributed by atoms with E-state index < -0.39 is 16.0 Å². The van der Waals surface area contributed by atoms with E-state index in [2.05, 4.69) is 4.74 Å². The molecule has 0 aliphatic heterocycles. The first kappa shape index (κ1) is 18.3. The SMILES string of the molecule is CCC(C)c1cc([N+](=O)[O-])cc([N+](=O)[O-])c1CCCOC(=O)O. The van der Waals surface area contributed by atoms with Gasteiger partial charge in [-0.25, -0.2) is 4.79 Å². The second kappa shape index (κ2) is 8.06. The molecule has 9 heteroatoms. The van der Waals surface area contributed by atoms with Gasteiger partial charge in [0, 0.05) is 11.6 Å². The van der Waals surface area contributed by atoms with E-state index in [0.717, 1.165) is 6.07 Å². The molecule has 126 valence electrons. The van der Waals surface area contributed by atoms with Gasteiger partial charge in [0.2, 0.25) is 0 Å². The predicted octanol–water partition coefficient (Wildman–Crippen LogP) is 3.64. The van der Waals surface area contributed by atoms with Crippen LogP contribution in [0.5, 0.6) is 0 Å². The summed E-state index contributed by atoms with van der Waals surface area (Å²) in [5.74, 6) is -0.0935. The van der Waals surface area contributed by atoms with Crippen LogP contribution in [-0.2, 0) is 11.2 Å². The molecule has 1 atom stereocenters. The maximum Gasteiger partial charge on any atom is 0.505 e. The second-order valence-electron chi connectivity index (χ2n) is 5.07. The maximum absolute atomic E-state index is 11.3. The maximum atomic E-state index is 11.3. The average molecular weight is 326 g/mol. The Morgan fingerprint density at radius 1 is 1.30 bits per heavy atom. The zero-order valence-corrected chi connectivity index (χ0v) is 12.9. The fraction of sp³-hybridized carbons (Fsp3) is 0.500. The third kappa shape index (κ3) is 4.90. The minimum absolute atomic E-state index is 0.0935. The summed E-state index contributed by atoms with van der Waals surface area (Å²) in [7, 11) is 0. The first-order valence-corrected chi connectivity index (χ1v) is 7.09. The number of benzene rings is 1. The highest BCUT2D eigenvalue weighted by Crippen LogP contribution is 2.35. The van der Waals surface area contributed by atoms with Gasteiger partial charge in [0.15, 0.2) is 0 Å². The lowest BCUT2D eigenvalue weighted by atomic mass is 9.90. The highest BCUT2D eigenvalue weighted by atomic mass is 16.7. The molecule has 0 bridgehead atoms. The summed E-state index contributed by atoms with van der Waals surface area (Å²) in [5.41, 5.74) is 0.301. The van der Waals surface area contributed by atoms with Crippen molar-refractivity contribution in [1.82, 2.24) is 0 Å². The van der Waals surface area contributed by atoms with Gasteiger partial charge in [0.05, 0.1) is 22.5 Å². The van der Waals surface area contributed by atoms with Crippen LogP contribution in [0.4, 0.5) is 16.2 Å². The number of nitro benzene ring substituents is 2. The third-order valence-corrected chi connectivity index (χ3v) is 3.59. The predicted molar refractivity (Wildman–Crippen MR) is 80.8 cm³/mol. The van der Waals surface area contributed by atoms with E-state index in [1.165, 1.54) is 6.07 Å². The molecule has 0 aromatic heterocycles. The summed E-state index contributed by atoms with van der Waals surface area (Å²) in [6.07, 6.45) is -0.280. The van der Waals surface area contributed by atoms with E-state index in [-0.39, 0.29) is 36.7 Å². The molecule has 1 rings (SSSR count). The van der Waals surface area contributed by atoms with Gasteiger partial charge >= 0.3 is 6.16 Å². The Labute approximate surface area is 132 Å². The minimum atomic E-state index is -1.41. The lowest BCUT2D eigenvalue weighted by Crippen LogP contribution is -2.08. The summed E-state index contributed by atoms with van der Waals surface area (Å²) in [5, 5.41) is 30.7. The van der Waals surface area contributed by atoms with Gasteiger partial charge in [-0.3, -0.25) is 20.2 Å². The quantitative estimate of drug-likeness (QED) is 0.333. The van der Waals surface area contributed by atoms with Crippen LogP contribution in [0.2, 0.25) is 0 Å². The Morgan fingerprint density at radius 3 is 2.43 bits per heavy atom. The van der Waals surface area contributed by atoms with Crippen molar-refractivity contribution >= 4 is 17.5 Å². The molecule has 0 fully saturated rings. The zero-order chi connectivity index (χ0) is 17.6. The first-order chi connectivity index (χ1) is 10.8. The summed E-state index contributed by atoms with van der Waals surface area (Å²) in [6, 6.07) is 2.30. The molecule has 23 heavy (non-hydrogen) atoms. The first-order valence-electron chi connectivity index (χ1n) is 7.09. The zero-order valence-electron chi connectivity index (χ0n) is 12.9. The number of ether oxygens (including phenoxy) is 1. The molecule has 0 saturated heterocycles. The molecule has 0 aliphatic rings. The van der Waals surface area contributed by atoms with Gasteiger partial charge in [0.1, 0.15) is 0 Å². The molecule has 1 unspecified atom stereocenters. The van der Waals surface area contributed by atoms with Crippen molar-refractivity contribution < 1.29 is 24.5 Å². The van der Waals surface area contributed by atoms with E-state index in [0.29, 0.717) is 17.5 Å². The lowest BCUT2D eigenvalue weighted by molar-refractivity contribution is -0.394. The van der Waals surface area contributed by atoms with E-state index in [9.17, 15) is 25.0 Å². The number of non-ortho nitro benzene ring substituents is 1. The van der Waals surface area contributed by atoms with E-state index in [1.807, 2.05) is 13.8 Å². The highest BCUT2D eigenvalue weighted by Gasteiger charge is 2.25. The van der Waals surface area contributed by atoms with E-state index >= 15 is 0 Å². The molecule has 0 radical (unpaired) electrons. The van der Waals surface area contributed by atoms with Crippen LogP contribution in [0.3, 0.4) is 0 Å². The molecule has 0 spiro atoms. The second-order valence-corrected chi connectivity index (χ2v) is 5.07. The molecule has 1 N–H and O–H groups in total. The standard InChI is InChI=1S/C14H18N2O7/c1-3-9(2)12-7-10(15(19)20)8-13(16(21)22)11(12)5-4-6-23-14(17)18/h7-9H,3-6H2,1-2H3,(H,17,18). The molecule has 0 heterocycles. The van der Waals surface area contributed by atoms with Crippen molar-refractivity contribution in [2.24, 2.45) is 0 Å². The topological polar surface area (TPSA) is 133 Å². The van der Waals surface area contributed by atoms with Gasteiger partial charge in [0.25, 0.3) is 11.4 Å². The number of carbonyl (C=O) groups is 1. The smallest absolute Gasteiger partial charge is 0.450 e. The lowest BCUT2D eigenvalue weighted by Gasteiger charge is -2.15. The molecule has 9 nitrogen and oxygen atoms in total. The normalized spacial score (nSPS) is 11.7. The van der Waals surface area contributed by atoms with Crippen LogP contribution in [0, 0.1) is 20.2 Å². The van der Waals surface area contributed by atoms with Crippen LogP contribution in [0.1, 0.15) is 43.7 Å². The van der Waals surface area contributed by atoms with Crippen molar-refractivity contribution in [3.63, 3.8) is 0 Å². The number of hydrogen-bond acceptors (Lipinski definition) is 6. The van der Waals surface area contributed by atoms with Crippen LogP contribution >= 0.6 is 0 Å². The molecular formula is C14H18N2O7. The van der Waals surface area contributed by atoms with Crippen LogP contribution in [-0.4, -0.2) is 27.7 Å². The van der Waals surface area contributed by atoms with Crippen LogP contribution < -0.4 is 0 Å². The Kier molecular flexibility index (Phi) is 6.43. The van der Waals surface area contributed by atoms with Crippen molar-refractivity contribution in [3.8, 4) is 0 Å².